The molecule has 0 unspecified atom stereocenters. The third kappa shape index (κ3) is 5.05. The van der Waals surface area contributed by atoms with Crippen LogP contribution in [0.5, 0.6) is 0 Å². The lowest BCUT2D eigenvalue weighted by Crippen LogP contribution is -2.08. The Balaban J connectivity index is 1.38. The van der Waals surface area contributed by atoms with Gasteiger partial charge in [-0.15, -0.1) is 0 Å². The van der Waals surface area contributed by atoms with E-state index in [9.17, 15) is 0 Å². The first-order chi connectivity index (χ1) is 24.2. The molecule has 230 valence electrons. The van der Waals surface area contributed by atoms with Gasteiger partial charge in [0.15, 0.2) is 0 Å². The molecule has 8 bridgehead atoms. The summed E-state index contributed by atoms with van der Waals surface area (Å²) in [7, 11) is 0. The monoisotopic (exact) mass is 627 g/mol. The largest absolute Gasteiger partial charge is 0.396 e. The molecular formula is C44H29N5. The fourth-order valence-electron chi connectivity index (χ4n) is 6.77. The summed E-state index contributed by atoms with van der Waals surface area (Å²) in [6.45, 7) is 0. The van der Waals surface area contributed by atoms with Crippen molar-refractivity contribution in [2.24, 2.45) is 25.7 Å². The molecule has 9 rings (SSSR count). The third-order valence-electron chi connectivity index (χ3n) is 9.01. The molecule has 2 N–H and O–H groups in total. The number of fused-ring (bicyclic) bond motifs is 4. The minimum atomic E-state index is 0.598. The van der Waals surface area contributed by atoms with Gasteiger partial charge >= 0.3 is 0 Å². The molecule has 0 amide bonds. The average molecular weight is 628 g/mol. The maximum atomic E-state index is 7.05. The Labute approximate surface area is 284 Å². The summed E-state index contributed by atoms with van der Waals surface area (Å²) in [4.78, 5) is 21.0. The number of nitrogens with two attached hydrogens (primary N) is 1. The molecule has 0 spiro atoms. The zero-order chi connectivity index (χ0) is 32.7. The highest BCUT2D eigenvalue weighted by Crippen LogP contribution is 2.41. The Bertz CT molecular complexity index is 2420. The van der Waals surface area contributed by atoms with E-state index in [1.807, 2.05) is 91.0 Å². The lowest BCUT2D eigenvalue weighted by molar-refractivity contribution is 1.41. The molecule has 4 aromatic carbocycles. The van der Waals surface area contributed by atoms with Crippen molar-refractivity contribution in [3.8, 4) is 0 Å². The molecule has 5 nitrogen and oxygen atoms in total. The molecule has 49 heavy (non-hydrogen) atoms. The van der Waals surface area contributed by atoms with Crippen LogP contribution in [0.2, 0.25) is 0 Å². The number of nitrogens with zero attached hydrogens (tertiary/aromatic N) is 4. The first-order valence-corrected chi connectivity index (χ1v) is 16.3. The second-order valence-electron chi connectivity index (χ2n) is 12.1. The van der Waals surface area contributed by atoms with Crippen LogP contribution in [0, 0.1) is 0 Å². The van der Waals surface area contributed by atoms with E-state index in [1.165, 1.54) is 0 Å². The summed E-state index contributed by atoms with van der Waals surface area (Å²) in [6, 6.07) is 41.2. The van der Waals surface area contributed by atoms with Gasteiger partial charge in [-0.05, 0) is 64.8 Å². The Hall–Kier alpha value is -6.72. The van der Waals surface area contributed by atoms with Crippen molar-refractivity contribution in [1.82, 2.24) is 0 Å². The van der Waals surface area contributed by atoms with E-state index >= 15 is 0 Å². The van der Waals surface area contributed by atoms with Crippen LogP contribution in [0.4, 0.5) is 0 Å². The second kappa shape index (κ2) is 11.8. The van der Waals surface area contributed by atoms with Gasteiger partial charge in [0.1, 0.15) is 0 Å². The molecule has 4 aromatic rings. The lowest BCUT2D eigenvalue weighted by Gasteiger charge is -2.14. The summed E-state index contributed by atoms with van der Waals surface area (Å²) in [5.74, 6) is 0. The van der Waals surface area contributed by atoms with Crippen LogP contribution in [0.3, 0.4) is 0 Å². The summed E-state index contributed by atoms with van der Waals surface area (Å²) in [6.07, 6.45) is 14.4. The molecular weight excluding hydrogens is 599 g/mol. The topological polar surface area (TPSA) is 75.5 Å². The van der Waals surface area contributed by atoms with Crippen LogP contribution in [0.25, 0.3) is 22.3 Å². The fourth-order valence-corrected chi connectivity index (χ4v) is 6.77. The van der Waals surface area contributed by atoms with Gasteiger partial charge in [0, 0.05) is 22.3 Å². The Kier molecular flexibility index (Phi) is 6.87. The summed E-state index contributed by atoms with van der Waals surface area (Å²) in [5, 5.41) is 0. The molecule has 0 fully saturated rings. The van der Waals surface area contributed by atoms with Gasteiger partial charge in [0.2, 0.25) is 0 Å². The molecule has 0 saturated heterocycles. The van der Waals surface area contributed by atoms with E-state index < -0.39 is 0 Å². The normalized spacial score (nSPS) is 17.9. The number of hydrogen-bond donors (Lipinski definition) is 1. The molecule has 0 aromatic heterocycles. The van der Waals surface area contributed by atoms with Crippen molar-refractivity contribution in [3.05, 3.63) is 215 Å². The molecule has 5 aliphatic heterocycles. The van der Waals surface area contributed by atoms with Crippen molar-refractivity contribution in [1.29, 1.82) is 0 Å². The van der Waals surface area contributed by atoms with E-state index in [0.717, 1.165) is 84.5 Å². The summed E-state index contributed by atoms with van der Waals surface area (Å²) >= 11 is 0. The van der Waals surface area contributed by atoms with Gasteiger partial charge < -0.3 is 5.73 Å². The van der Waals surface area contributed by atoms with Crippen molar-refractivity contribution in [2.75, 3.05) is 0 Å². The van der Waals surface area contributed by atoms with Crippen LogP contribution in [0.15, 0.2) is 212 Å². The van der Waals surface area contributed by atoms with Gasteiger partial charge in [0.05, 0.1) is 51.3 Å². The molecule has 5 heteroatoms. The van der Waals surface area contributed by atoms with Crippen molar-refractivity contribution in [3.63, 3.8) is 0 Å². The molecule has 5 aliphatic rings. The number of rotatable bonds is 4. The molecule has 5 heterocycles. The Morgan fingerprint density at radius 3 is 1.27 bits per heavy atom. The minimum absolute atomic E-state index is 0.598. The fraction of sp³-hybridized carbons (Fsp3) is 0. The maximum Gasteiger partial charge on any atom is 0.0895 e. The van der Waals surface area contributed by atoms with Crippen LogP contribution in [-0.2, 0) is 0 Å². The minimum Gasteiger partial charge on any atom is -0.396 e. The first-order valence-electron chi connectivity index (χ1n) is 16.3. The predicted molar refractivity (Wildman–Crippen MR) is 203 cm³/mol. The van der Waals surface area contributed by atoms with Crippen LogP contribution >= 0.6 is 0 Å². The number of allylic oxidation sites excluding steroid dienone is 11. The zero-order valence-electron chi connectivity index (χ0n) is 26.5. The standard InChI is InChI=1S/C44H29N5/c45-43-38-27-32-21-22-33(46-32)39(28-13-5-1-6-14-28)34-23-24-35(47-34)40(29-15-7-2-8-16-29)36-25-26-37(48-36)41(30-17-9-3-10-18-30)44(49-38)42(43)31-19-11-4-12-20-31/h1-27H,45H2. The van der Waals surface area contributed by atoms with Crippen LogP contribution in [0.1, 0.15) is 22.3 Å². The highest BCUT2D eigenvalue weighted by Gasteiger charge is 2.30. The van der Waals surface area contributed by atoms with Gasteiger partial charge in [-0.2, -0.15) is 0 Å². The van der Waals surface area contributed by atoms with Gasteiger partial charge in [-0.1, -0.05) is 121 Å². The quantitative estimate of drug-likeness (QED) is 0.241. The third-order valence-corrected chi connectivity index (χ3v) is 9.01. The number of hydrogen-bond acceptors (Lipinski definition) is 5. The Morgan fingerprint density at radius 2 is 0.755 bits per heavy atom. The first kappa shape index (κ1) is 28.5. The maximum absolute atomic E-state index is 7.05. The average Bonchev–Trinajstić information content (AvgIpc) is 3.97. The van der Waals surface area contributed by atoms with E-state index in [0.29, 0.717) is 11.4 Å². The van der Waals surface area contributed by atoms with Gasteiger partial charge in [-0.25, -0.2) is 20.0 Å². The molecule has 0 saturated carbocycles. The van der Waals surface area contributed by atoms with E-state index in [1.54, 1.807) is 0 Å². The summed E-state index contributed by atoms with van der Waals surface area (Å²) < 4.78 is 0. The van der Waals surface area contributed by atoms with Crippen molar-refractivity contribution >= 4 is 45.1 Å². The SMILES string of the molecule is NC1=C(c2ccccc2)C2=C(c3ccccc3)C3=NC(=C(c4ccccc4)C4=NC(=C(c5ccccc5)C5=NC(=CC1=N2)C=C5)C=C4)C=C3. The Morgan fingerprint density at radius 1 is 0.347 bits per heavy atom. The summed E-state index contributed by atoms with van der Waals surface area (Å²) in [5.41, 5.74) is 21.7. The molecule has 0 atom stereocenters. The van der Waals surface area contributed by atoms with Gasteiger partial charge in [-0.3, -0.25) is 0 Å². The van der Waals surface area contributed by atoms with Crippen molar-refractivity contribution < 1.29 is 0 Å². The van der Waals surface area contributed by atoms with E-state index in [2.05, 4.69) is 72.8 Å². The van der Waals surface area contributed by atoms with Crippen molar-refractivity contribution in [2.45, 2.75) is 0 Å². The number of benzene rings is 4. The van der Waals surface area contributed by atoms with Gasteiger partial charge in [0.25, 0.3) is 0 Å². The second-order valence-corrected chi connectivity index (χ2v) is 12.1. The molecule has 0 aliphatic carbocycles. The van der Waals surface area contributed by atoms with Crippen LogP contribution in [-0.4, -0.2) is 22.8 Å². The highest BCUT2D eigenvalue weighted by atomic mass is 14.9. The highest BCUT2D eigenvalue weighted by molar-refractivity contribution is 6.38. The van der Waals surface area contributed by atoms with E-state index in [4.69, 9.17) is 25.7 Å². The molecule has 0 radical (unpaired) electrons. The predicted octanol–water partition coefficient (Wildman–Crippen LogP) is 8.97. The lowest BCUT2D eigenvalue weighted by atomic mass is 9.92. The number of aliphatic imine (C=N–C) groups is 4. The van der Waals surface area contributed by atoms with Crippen LogP contribution < -0.4 is 5.73 Å². The smallest absolute Gasteiger partial charge is 0.0895 e. The van der Waals surface area contributed by atoms with E-state index in [-0.39, 0.29) is 0 Å². The zero-order valence-corrected chi connectivity index (χ0v) is 26.5.